The summed E-state index contributed by atoms with van der Waals surface area (Å²) >= 11 is 0. The Morgan fingerprint density at radius 1 is 1.42 bits per heavy atom. The smallest absolute Gasteiger partial charge is 0.177 e. The molecule has 1 fully saturated rings. The van der Waals surface area contributed by atoms with Crippen molar-refractivity contribution in [1.29, 1.82) is 5.26 Å². The van der Waals surface area contributed by atoms with Crippen LogP contribution in [0, 0.1) is 17.2 Å². The lowest BCUT2D eigenvalue weighted by Gasteiger charge is -2.22. The van der Waals surface area contributed by atoms with E-state index in [1.165, 1.54) is 0 Å². The van der Waals surface area contributed by atoms with Gasteiger partial charge in [0.25, 0.3) is 0 Å². The molecule has 1 aliphatic rings. The van der Waals surface area contributed by atoms with Gasteiger partial charge >= 0.3 is 0 Å². The zero-order valence-electron chi connectivity index (χ0n) is 10.8. The lowest BCUT2D eigenvalue weighted by atomic mass is 10.0. The van der Waals surface area contributed by atoms with E-state index in [0.717, 1.165) is 26.1 Å². The van der Waals surface area contributed by atoms with Gasteiger partial charge in [-0.25, -0.2) is 0 Å². The number of rotatable bonds is 5. The minimum atomic E-state index is -0.168. The van der Waals surface area contributed by atoms with E-state index in [0.29, 0.717) is 23.8 Å². The van der Waals surface area contributed by atoms with Crippen molar-refractivity contribution in [3.63, 3.8) is 0 Å². The normalized spacial score (nSPS) is 15.7. The number of carbonyl (C=O) groups excluding carboxylic acids is 1. The highest BCUT2D eigenvalue weighted by molar-refractivity contribution is 5.97. The highest BCUT2D eigenvalue weighted by Gasteiger charge is 2.14. The molecule has 1 aromatic rings. The van der Waals surface area contributed by atoms with Crippen LogP contribution >= 0.6 is 0 Å². The maximum absolute atomic E-state index is 11.6. The van der Waals surface area contributed by atoms with Crippen LogP contribution in [0.25, 0.3) is 0 Å². The highest BCUT2D eigenvalue weighted by atomic mass is 16.5. The van der Waals surface area contributed by atoms with E-state index in [4.69, 9.17) is 14.7 Å². The zero-order chi connectivity index (χ0) is 13.5. The second-order valence-corrected chi connectivity index (χ2v) is 4.65. The Labute approximate surface area is 112 Å². The van der Waals surface area contributed by atoms with Crippen LogP contribution in [0.4, 0.5) is 0 Å². The summed E-state index contributed by atoms with van der Waals surface area (Å²) < 4.78 is 11.0. The number of carbonyl (C=O) groups is 1. The molecule has 4 nitrogen and oxygen atoms in total. The first-order chi connectivity index (χ1) is 9.29. The van der Waals surface area contributed by atoms with Gasteiger partial charge in [0.05, 0.1) is 19.1 Å². The van der Waals surface area contributed by atoms with E-state index >= 15 is 0 Å². The predicted molar refractivity (Wildman–Crippen MR) is 70.0 cm³/mol. The van der Waals surface area contributed by atoms with Crippen LogP contribution in [0.15, 0.2) is 24.3 Å². The van der Waals surface area contributed by atoms with Gasteiger partial charge in [-0.1, -0.05) is 12.1 Å². The maximum Gasteiger partial charge on any atom is 0.177 e. The van der Waals surface area contributed by atoms with E-state index in [1.54, 1.807) is 18.2 Å². The van der Waals surface area contributed by atoms with Crippen LogP contribution in [0.5, 0.6) is 5.75 Å². The van der Waals surface area contributed by atoms with Crippen molar-refractivity contribution < 1.29 is 14.3 Å². The molecule has 0 aliphatic carbocycles. The first kappa shape index (κ1) is 13.6. The summed E-state index contributed by atoms with van der Waals surface area (Å²) in [4.78, 5) is 11.6. The van der Waals surface area contributed by atoms with Crippen molar-refractivity contribution >= 4 is 5.78 Å². The molecule has 0 N–H and O–H groups in total. The maximum atomic E-state index is 11.6. The number of benzene rings is 1. The van der Waals surface area contributed by atoms with Gasteiger partial charge in [0.2, 0.25) is 0 Å². The van der Waals surface area contributed by atoms with Gasteiger partial charge in [0, 0.05) is 18.8 Å². The highest BCUT2D eigenvalue weighted by Crippen LogP contribution is 2.19. The summed E-state index contributed by atoms with van der Waals surface area (Å²) in [5.41, 5.74) is 0.533. The van der Waals surface area contributed by atoms with Gasteiger partial charge in [-0.2, -0.15) is 5.26 Å². The molecule has 0 bridgehead atoms. The van der Waals surface area contributed by atoms with Gasteiger partial charge in [0.1, 0.15) is 5.75 Å². The minimum absolute atomic E-state index is 0.0938. The molecule has 0 unspecified atom stereocenters. The minimum Gasteiger partial charge on any atom is -0.493 e. The van der Waals surface area contributed by atoms with E-state index in [9.17, 15) is 4.79 Å². The lowest BCUT2D eigenvalue weighted by molar-refractivity contribution is 0.0497. The number of ether oxygens (including phenoxy) is 2. The van der Waals surface area contributed by atoms with Crippen molar-refractivity contribution in [2.75, 3.05) is 19.8 Å². The van der Waals surface area contributed by atoms with Gasteiger partial charge in [-0.05, 0) is 30.9 Å². The van der Waals surface area contributed by atoms with Gasteiger partial charge in [-0.3, -0.25) is 4.79 Å². The van der Waals surface area contributed by atoms with Crippen LogP contribution in [0.1, 0.15) is 29.6 Å². The van der Waals surface area contributed by atoms with Crippen LogP contribution < -0.4 is 4.74 Å². The summed E-state index contributed by atoms with van der Waals surface area (Å²) in [5, 5.41) is 8.53. The van der Waals surface area contributed by atoms with E-state index < -0.39 is 0 Å². The topological polar surface area (TPSA) is 59.3 Å². The summed E-state index contributed by atoms with van der Waals surface area (Å²) in [6.45, 7) is 2.25. The van der Waals surface area contributed by atoms with Crippen molar-refractivity contribution in [3.05, 3.63) is 29.8 Å². The predicted octanol–water partition coefficient (Wildman–Crippen LogP) is 2.59. The number of ketones is 1. The third-order valence-electron chi connectivity index (χ3n) is 3.22. The number of nitrogens with zero attached hydrogens (tertiary/aromatic N) is 1. The molecule has 1 aliphatic heterocycles. The first-order valence-corrected chi connectivity index (χ1v) is 6.50. The van der Waals surface area contributed by atoms with Crippen molar-refractivity contribution in [3.8, 4) is 11.8 Å². The first-order valence-electron chi connectivity index (χ1n) is 6.50. The Morgan fingerprint density at radius 2 is 2.21 bits per heavy atom. The molecular formula is C15H17NO3. The van der Waals surface area contributed by atoms with Crippen molar-refractivity contribution in [2.45, 2.75) is 19.3 Å². The Morgan fingerprint density at radius 3 is 2.95 bits per heavy atom. The zero-order valence-corrected chi connectivity index (χ0v) is 10.8. The molecule has 0 saturated carbocycles. The molecule has 100 valence electrons. The van der Waals surface area contributed by atoms with Crippen LogP contribution in [-0.2, 0) is 4.74 Å². The second-order valence-electron chi connectivity index (χ2n) is 4.65. The van der Waals surface area contributed by atoms with Gasteiger partial charge in [-0.15, -0.1) is 0 Å². The Balaban J connectivity index is 1.91. The van der Waals surface area contributed by atoms with Gasteiger partial charge in [0.15, 0.2) is 5.78 Å². The third kappa shape index (κ3) is 4.08. The molecular weight excluding hydrogens is 242 g/mol. The molecule has 0 spiro atoms. The average molecular weight is 259 g/mol. The number of hydrogen-bond donors (Lipinski definition) is 0. The number of nitriles is 1. The van der Waals surface area contributed by atoms with Gasteiger partial charge < -0.3 is 9.47 Å². The quantitative estimate of drug-likeness (QED) is 0.762. The van der Waals surface area contributed by atoms with E-state index in [-0.39, 0.29) is 12.2 Å². The molecule has 1 saturated heterocycles. The Bertz CT molecular complexity index is 473. The van der Waals surface area contributed by atoms with Crippen LogP contribution in [-0.4, -0.2) is 25.6 Å². The fourth-order valence-corrected chi connectivity index (χ4v) is 2.06. The number of hydrogen-bond acceptors (Lipinski definition) is 4. The third-order valence-corrected chi connectivity index (χ3v) is 3.22. The average Bonchev–Trinajstić information content (AvgIpc) is 2.47. The van der Waals surface area contributed by atoms with Crippen molar-refractivity contribution in [2.24, 2.45) is 5.92 Å². The van der Waals surface area contributed by atoms with Crippen LogP contribution in [0.3, 0.4) is 0 Å². The Kier molecular flexibility index (Phi) is 4.93. The molecule has 19 heavy (non-hydrogen) atoms. The fraction of sp³-hybridized carbons (Fsp3) is 0.467. The summed E-state index contributed by atoms with van der Waals surface area (Å²) in [5.74, 6) is 1.04. The molecule has 1 heterocycles. The standard InChI is InChI=1S/C15H17NO3/c16-7-4-15(17)13-2-1-3-14(10-13)19-11-12-5-8-18-9-6-12/h1-3,10,12H,4-6,8-9,11H2. The van der Waals surface area contributed by atoms with E-state index in [1.807, 2.05) is 12.1 Å². The molecule has 1 aromatic carbocycles. The largest absolute Gasteiger partial charge is 0.493 e. The molecule has 2 rings (SSSR count). The monoisotopic (exact) mass is 259 g/mol. The summed E-state index contributed by atoms with van der Waals surface area (Å²) in [6.07, 6.45) is 1.95. The molecule has 0 aromatic heterocycles. The van der Waals surface area contributed by atoms with Crippen LogP contribution in [0.2, 0.25) is 0 Å². The lowest BCUT2D eigenvalue weighted by Crippen LogP contribution is -2.21. The summed E-state index contributed by atoms with van der Waals surface area (Å²) in [7, 11) is 0. The summed E-state index contributed by atoms with van der Waals surface area (Å²) in [6, 6.07) is 8.90. The molecule has 0 atom stereocenters. The fourth-order valence-electron chi connectivity index (χ4n) is 2.06. The molecule has 0 amide bonds. The SMILES string of the molecule is N#CCC(=O)c1cccc(OCC2CCOCC2)c1. The molecule has 4 heteroatoms. The Hall–Kier alpha value is -1.86. The van der Waals surface area contributed by atoms with Crippen molar-refractivity contribution in [1.82, 2.24) is 0 Å². The van der Waals surface area contributed by atoms with E-state index in [2.05, 4.69) is 0 Å². The number of Topliss-reactive ketones (excluding diaryl/α,β-unsaturated/α-hetero) is 1. The second kappa shape index (κ2) is 6.91. The molecule has 0 radical (unpaired) electrons.